The number of benzene rings is 1. The van der Waals surface area contributed by atoms with Crippen molar-refractivity contribution in [3.63, 3.8) is 0 Å². The maximum absolute atomic E-state index is 6.12. The van der Waals surface area contributed by atoms with Gasteiger partial charge in [-0.3, -0.25) is 4.68 Å². The fraction of sp³-hybridized carbons (Fsp3) is 0.250. The van der Waals surface area contributed by atoms with Gasteiger partial charge in [-0.25, -0.2) is 0 Å². The predicted molar refractivity (Wildman–Crippen MR) is 70.3 cm³/mol. The molecule has 0 saturated carbocycles. The second-order valence-corrected chi connectivity index (χ2v) is 4.76. The molecule has 2 aromatic rings. The normalized spacial score (nSPS) is 12.7. The quantitative estimate of drug-likeness (QED) is 0.931. The minimum absolute atomic E-state index is 0.125. The number of rotatable bonds is 3. The maximum atomic E-state index is 6.12. The van der Waals surface area contributed by atoms with Gasteiger partial charge >= 0.3 is 0 Å². The van der Waals surface area contributed by atoms with E-state index in [1.165, 1.54) is 0 Å². The lowest BCUT2D eigenvalue weighted by Gasteiger charge is -2.11. The summed E-state index contributed by atoms with van der Waals surface area (Å²) in [5, 5.41) is 5.23. The standard InChI is InChI=1S/C12H13Cl2N3/c1-17-7-9(6-16-17)11(15)5-8-3-2-4-10(13)12(8)14/h2-4,6-7,11H,5,15H2,1H3. The third kappa shape index (κ3) is 2.80. The number of hydrogen-bond acceptors (Lipinski definition) is 2. The van der Waals surface area contributed by atoms with Gasteiger partial charge < -0.3 is 5.73 Å². The molecule has 1 aromatic carbocycles. The lowest BCUT2D eigenvalue weighted by molar-refractivity contribution is 0.717. The van der Waals surface area contributed by atoms with Gasteiger partial charge in [0.15, 0.2) is 0 Å². The second kappa shape index (κ2) is 5.08. The first-order valence-electron chi connectivity index (χ1n) is 5.25. The zero-order valence-electron chi connectivity index (χ0n) is 9.40. The molecular formula is C12H13Cl2N3. The Morgan fingerprint density at radius 2 is 2.18 bits per heavy atom. The van der Waals surface area contributed by atoms with Crippen LogP contribution in [0, 0.1) is 0 Å². The van der Waals surface area contributed by atoms with E-state index in [0.29, 0.717) is 16.5 Å². The van der Waals surface area contributed by atoms with Crippen molar-refractivity contribution in [3.8, 4) is 0 Å². The van der Waals surface area contributed by atoms with E-state index in [2.05, 4.69) is 5.10 Å². The molecule has 0 aliphatic carbocycles. The number of halogens is 2. The summed E-state index contributed by atoms with van der Waals surface area (Å²) in [4.78, 5) is 0. The van der Waals surface area contributed by atoms with Crippen LogP contribution in [-0.4, -0.2) is 9.78 Å². The fourth-order valence-corrected chi connectivity index (χ4v) is 2.09. The van der Waals surface area contributed by atoms with Crippen molar-refractivity contribution in [1.29, 1.82) is 0 Å². The smallest absolute Gasteiger partial charge is 0.0624 e. The van der Waals surface area contributed by atoms with Gasteiger partial charge in [-0.1, -0.05) is 35.3 Å². The third-order valence-electron chi connectivity index (χ3n) is 2.62. The number of nitrogens with zero attached hydrogens (tertiary/aromatic N) is 2. The molecule has 17 heavy (non-hydrogen) atoms. The monoisotopic (exact) mass is 269 g/mol. The van der Waals surface area contributed by atoms with Crippen LogP contribution in [-0.2, 0) is 13.5 Å². The van der Waals surface area contributed by atoms with Gasteiger partial charge in [0.25, 0.3) is 0 Å². The van der Waals surface area contributed by atoms with Crippen LogP contribution in [0.2, 0.25) is 10.0 Å². The predicted octanol–water partition coefficient (Wildman–Crippen LogP) is 2.97. The highest BCUT2D eigenvalue weighted by atomic mass is 35.5. The molecule has 2 rings (SSSR count). The van der Waals surface area contributed by atoms with E-state index in [0.717, 1.165) is 11.1 Å². The van der Waals surface area contributed by atoms with Gasteiger partial charge in [0, 0.05) is 24.8 Å². The Morgan fingerprint density at radius 1 is 1.41 bits per heavy atom. The molecule has 1 atom stereocenters. The van der Waals surface area contributed by atoms with Crippen molar-refractivity contribution >= 4 is 23.2 Å². The van der Waals surface area contributed by atoms with E-state index in [1.54, 1.807) is 16.9 Å². The topological polar surface area (TPSA) is 43.8 Å². The van der Waals surface area contributed by atoms with E-state index in [4.69, 9.17) is 28.9 Å². The first-order valence-corrected chi connectivity index (χ1v) is 6.00. The highest BCUT2D eigenvalue weighted by Gasteiger charge is 2.12. The zero-order chi connectivity index (χ0) is 12.4. The average Bonchev–Trinajstić information content (AvgIpc) is 2.72. The zero-order valence-corrected chi connectivity index (χ0v) is 10.9. The highest BCUT2D eigenvalue weighted by Crippen LogP contribution is 2.28. The first-order chi connectivity index (χ1) is 8.08. The van der Waals surface area contributed by atoms with Gasteiger partial charge in [0.1, 0.15) is 0 Å². The highest BCUT2D eigenvalue weighted by molar-refractivity contribution is 6.42. The molecule has 1 heterocycles. The van der Waals surface area contributed by atoms with Crippen LogP contribution in [0.1, 0.15) is 17.2 Å². The summed E-state index contributed by atoms with van der Waals surface area (Å²) in [6, 6.07) is 5.45. The van der Waals surface area contributed by atoms with Crippen LogP contribution in [0.15, 0.2) is 30.6 Å². The Balaban J connectivity index is 2.18. The minimum Gasteiger partial charge on any atom is -0.324 e. The van der Waals surface area contributed by atoms with E-state index >= 15 is 0 Å². The number of aryl methyl sites for hydroxylation is 1. The van der Waals surface area contributed by atoms with Crippen LogP contribution >= 0.6 is 23.2 Å². The molecule has 0 bridgehead atoms. The molecule has 5 heteroatoms. The number of aromatic nitrogens is 2. The SMILES string of the molecule is Cn1cc(C(N)Cc2cccc(Cl)c2Cl)cn1. The molecule has 0 radical (unpaired) electrons. The van der Waals surface area contributed by atoms with Crippen molar-refractivity contribution in [3.05, 3.63) is 51.8 Å². The molecule has 0 fully saturated rings. The van der Waals surface area contributed by atoms with E-state index < -0.39 is 0 Å². The number of hydrogen-bond donors (Lipinski definition) is 1. The summed E-state index contributed by atoms with van der Waals surface area (Å²) in [6.07, 6.45) is 4.32. The molecule has 3 nitrogen and oxygen atoms in total. The molecule has 0 spiro atoms. The molecule has 1 aromatic heterocycles. The third-order valence-corrected chi connectivity index (χ3v) is 3.48. The van der Waals surface area contributed by atoms with Crippen molar-refractivity contribution in [2.45, 2.75) is 12.5 Å². The van der Waals surface area contributed by atoms with Crippen LogP contribution < -0.4 is 5.73 Å². The van der Waals surface area contributed by atoms with Gasteiger partial charge in [-0.15, -0.1) is 0 Å². The molecule has 0 aliphatic heterocycles. The van der Waals surface area contributed by atoms with Crippen molar-refractivity contribution in [1.82, 2.24) is 9.78 Å². The molecule has 90 valence electrons. The van der Waals surface area contributed by atoms with E-state index in [-0.39, 0.29) is 6.04 Å². The Morgan fingerprint density at radius 3 is 2.82 bits per heavy atom. The summed E-state index contributed by atoms with van der Waals surface area (Å²) in [5.74, 6) is 0. The lowest BCUT2D eigenvalue weighted by Crippen LogP contribution is -2.13. The van der Waals surface area contributed by atoms with Crippen LogP contribution in [0.25, 0.3) is 0 Å². The Hall–Kier alpha value is -1.03. The molecule has 2 N–H and O–H groups in total. The van der Waals surface area contributed by atoms with E-state index in [1.807, 2.05) is 25.4 Å². The van der Waals surface area contributed by atoms with Gasteiger partial charge in [-0.05, 0) is 18.1 Å². The average molecular weight is 270 g/mol. The second-order valence-electron chi connectivity index (χ2n) is 3.97. The molecule has 1 unspecified atom stereocenters. The lowest BCUT2D eigenvalue weighted by atomic mass is 10.0. The summed E-state index contributed by atoms with van der Waals surface area (Å²) in [5.41, 5.74) is 8.05. The summed E-state index contributed by atoms with van der Waals surface area (Å²) in [7, 11) is 1.86. The number of nitrogens with two attached hydrogens (primary N) is 1. The van der Waals surface area contributed by atoms with Crippen LogP contribution in [0.4, 0.5) is 0 Å². The first kappa shape index (κ1) is 12.4. The molecule has 0 amide bonds. The summed E-state index contributed by atoms with van der Waals surface area (Å²) in [6.45, 7) is 0. The molecular weight excluding hydrogens is 257 g/mol. The minimum atomic E-state index is -0.125. The van der Waals surface area contributed by atoms with Crippen LogP contribution in [0.5, 0.6) is 0 Å². The molecule has 0 aliphatic rings. The van der Waals surface area contributed by atoms with Gasteiger partial charge in [0.2, 0.25) is 0 Å². The van der Waals surface area contributed by atoms with Gasteiger partial charge in [-0.2, -0.15) is 5.10 Å². The van der Waals surface area contributed by atoms with E-state index in [9.17, 15) is 0 Å². The Kier molecular flexibility index (Phi) is 3.72. The van der Waals surface area contributed by atoms with Crippen LogP contribution in [0.3, 0.4) is 0 Å². The van der Waals surface area contributed by atoms with Gasteiger partial charge in [0.05, 0.1) is 16.2 Å². The largest absolute Gasteiger partial charge is 0.324 e. The fourth-order valence-electron chi connectivity index (χ4n) is 1.69. The van der Waals surface area contributed by atoms with Crippen molar-refractivity contribution in [2.75, 3.05) is 0 Å². The Labute approximate surface area is 110 Å². The van der Waals surface area contributed by atoms with Crippen molar-refractivity contribution in [2.24, 2.45) is 12.8 Å². The summed E-state index contributed by atoms with van der Waals surface area (Å²) >= 11 is 12.1. The molecule has 0 saturated heterocycles. The summed E-state index contributed by atoms with van der Waals surface area (Å²) < 4.78 is 1.73. The Bertz CT molecular complexity index is 522. The maximum Gasteiger partial charge on any atom is 0.0624 e. The van der Waals surface area contributed by atoms with Crippen molar-refractivity contribution < 1.29 is 0 Å².